The molecule has 2 aromatic heterocycles. The van der Waals surface area contributed by atoms with Gasteiger partial charge < -0.3 is 29.9 Å². The van der Waals surface area contributed by atoms with E-state index in [1.807, 2.05) is 0 Å². The molecule has 0 radical (unpaired) electrons. The molecule has 1 spiro atoms. The molecule has 2 saturated heterocycles. The van der Waals surface area contributed by atoms with Crippen LogP contribution in [0.5, 0.6) is 11.8 Å². The molecule has 222 valence electrons. The summed E-state index contributed by atoms with van der Waals surface area (Å²) in [5.41, 5.74) is 0.261. The highest BCUT2D eigenvalue weighted by Crippen LogP contribution is 2.45. The molecule has 5 rings (SSSR count). The van der Waals surface area contributed by atoms with Crippen LogP contribution >= 0.6 is 0 Å². The van der Waals surface area contributed by atoms with E-state index in [9.17, 15) is 18.4 Å². The number of carbonyl (C=O) groups is 2. The third-order valence-corrected chi connectivity index (χ3v) is 7.88. The molecule has 3 N–H and O–H groups in total. The summed E-state index contributed by atoms with van der Waals surface area (Å²) in [6.07, 6.45) is 6.99. The van der Waals surface area contributed by atoms with Gasteiger partial charge in [-0.2, -0.15) is 4.98 Å². The van der Waals surface area contributed by atoms with Crippen molar-refractivity contribution >= 4 is 23.9 Å². The van der Waals surface area contributed by atoms with Crippen LogP contribution < -0.4 is 30.3 Å². The lowest BCUT2D eigenvalue weighted by Gasteiger charge is -2.50. The number of rotatable bonds is 7. The molecule has 3 aliphatic rings. The molecule has 0 bridgehead atoms. The predicted molar refractivity (Wildman–Crippen MR) is 144 cm³/mol. The van der Waals surface area contributed by atoms with Crippen LogP contribution in [-0.4, -0.2) is 94.8 Å². The lowest BCUT2D eigenvalue weighted by Crippen LogP contribution is -2.60. The lowest BCUT2D eigenvalue weighted by atomic mass is 9.62. The molecule has 2 aromatic rings. The van der Waals surface area contributed by atoms with Crippen molar-refractivity contribution in [2.24, 2.45) is 5.41 Å². The van der Waals surface area contributed by atoms with Crippen molar-refractivity contribution in [3.05, 3.63) is 24.7 Å². The second kappa shape index (κ2) is 11.9. The quantitative estimate of drug-likeness (QED) is 0.450. The minimum atomic E-state index is -3.16. The number of nitrogens with one attached hydrogen (secondary N) is 3. The molecule has 4 heterocycles. The Morgan fingerprint density at radius 3 is 2.73 bits per heavy atom. The van der Waals surface area contributed by atoms with Gasteiger partial charge in [0.25, 0.3) is 5.92 Å². The van der Waals surface area contributed by atoms with Gasteiger partial charge in [-0.15, -0.1) is 0 Å². The maximum Gasteiger partial charge on any atom is 0.414 e. The van der Waals surface area contributed by atoms with Crippen molar-refractivity contribution in [1.82, 2.24) is 35.5 Å². The standard InChI is InChI=1S/C26H35F2N9O4/c1-3-40-21-14-31-19(13-32-21)34-23(38)36(2)18-15-37(10-7-26(18,27)28)22-30-9-5-20(35-22)41-24(39)33-17-11-25(12-17)6-4-8-29-16-25/h5,9,13-14,17-18,29H,3-4,6-8,10-12,15-16H2,1-2H3,(H,33,39)(H,31,34,38)/t17?,18-,25?/m0/s1. The van der Waals surface area contributed by atoms with E-state index in [1.54, 1.807) is 11.8 Å². The van der Waals surface area contributed by atoms with E-state index in [1.165, 1.54) is 31.7 Å². The Balaban J connectivity index is 1.17. The first-order chi connectivity index (χ1) is 19.7. The molecule has 3 amide bonds. The Bertz CT molecular complexity index is 1220. The van der Waals surface area contributed by atoms with Crippen LogP contribution in [0.3, 0.4) is 0 Å². The van der Waals surface area contributed by atoms with E-state index in [-0.39, 0.29) is 48.1 Å². The number of piperidine rings is 2. The van der Waals surface area contributed by atoms with Crippen molar-refractivity contribution in [2.45, 2.75) is 57.0 Å². The van der Waals surface area contributed by atoms with E-state index in [2.05, 4.69) is 35.9 Å². The molecule has 0 aromatic carbocycles. The summed E-state index contributed by atoms with van der Waals surface area (Å²) in [4.78, 5) is 44.3. The average Bonchev–Trinajstić information content (AvgIpc) is 2.93. The summed E-state index contributed by atoms with van der Waals surface area (Å²) >= 11 is 0. The number of ether oxygens (including phenoxy) is 2. The van der Waals surface area contributed by atoms with Gasteiger partial charge in [0.1, 0.15) is 6.04 Å². The Hall–Kier alpha value is -3.88. The number of halogens is 2. The summed E-state index contributed by atoms with van der Waals surface area (Å²) in [5, 5.41) is 8.78. The third kappa shape index (κ3) is 6.72. The zero-order valence-electron chi connectivity index (χ0n) is 23.1. The predicted octanol–water partition coefficient (Wildman–Crippen LogP) is 2.66. The van der Waals surface area contributed by atoms with Gasteiger partial charge in [0.2, 0.25) is 17.7 Å². The topological polar surface area (TPSA) is 147 Å². The summed E-state index contributed by atoms with van der Waals surface area (Å²) in [6, 6.07) is -0.775. The number of alkyl halides is 2. The molecule has 0 unspecified atom stereocenters. The van der Waals surface area contributed by atoms with E-state index < -0.39 is 30.5 Å². The highest BCUT2D eigenvalue weighted by molar-refractivity contribution is 5.88. The zero-order valence-corrected chi connectivity index (χ0v) is 23.1. The molecule has 1 aliphatic carbocycles. The summed E-state index contributed by atoms with van der Waals surface area (Å²) in [7, 11) is 1.29. The normalized spacial score (nSPS) is 25.1. The largest absolute Gasteiger partial charge is 0.477 e. The lowest BCUT2D eigenvalue weighted by molar-refractivity contribution is -0.0760. The second-order valence-electron chi connectivity index (χ2n) is 10.8. The maximum atomic E-state index is 15.0. The average molecular weight is 576 g/mol. The van der Waals surface area contributed by atoms with E-state index in [0.29, 0.717) is 6.61 Å². The molecular weight excluding hydrogens is 540 g/mol. The number of hydrogen-bond donors (Lipinski definition) is 3. The maximum absolute atomic E-state index is 15.0. The molecule has 2 aliphatic heterocycles. The summed E-state index contributed by atoms with van der Waals surface area (Å²) < 4.78 is 40.6. The van der Waals surface area contributed by atoms with Crippen molar-refractivity contribution in [1.29, 1.82) is 0 Å². The number of hydrogen-bond acceptors (Lipinski definition) is 10. The monoisotopic (exact) mass is 575 g/mol. The summed E-state index contributed by atoms with van der Waals surface area (Å²) in [5.74, 6) is -2.65. The minimum Gasteiger partial charge on any atom is -0.477 e. The fraction of sp³-hybridized carbons (Fsp3) is 0.615. The van der Waals surface area contributed by atoms with Gasteiger partial charge in [-0.25, -0.2) is 33.3 Å². The number of nitrogens with zero attached hydrogens (tertiary/aromatic N) is 6. The Morgan fingerprint density at radius 1 is 1.20 bits per heavy atom. The number of amides is 3. The second-order valence-corrected chi connectivity index (χ2v) is 10.8. The van der Waals surface area contributed by atoms with Crippen LogP contribution in [0, 0.1) is 5.41 Å². The number of likely N-dealkylation sites (N-methyl/N-ethyl adjacent to an activating group) is 1. The fourth-order valence-electron chi connectivity index (χ4n) is 5.71. The van der Waals surface area contributed by atoms with Gasteiger partial charge in [0, 0.05) is 51.4 Å². The fourth-order valence-corrected chi connectivity index (χ4v) is 5.71. The Morgan fingerprint density at radius 2 is 2.02 bits per heavy atom. The molecule has 15 heteroatoms. The first kappa shape index (κ1) is 28.6. The van der Waals surface area contributed by atoms with Gasteiger partial charge in [-0.1, -0.05) is 0 Å². The molecular formula is C26H35F2N9O4. The van der Waals surface area contributed by atoms with E-state index in [0.717, 1.165) is 43.7 Å². The van der Waals surface area contributed by atoms with Crippen LogP contribution in [0.15, 0.2) is 24.7 Å². The first-order valence-electron chi connectivity index (χ1n) is 13.8. The van der Waals surface area contributed by atoms with Gasteiger partial charge in [0.05, 0.1) is 19.0 Å². The molecule has 3 fully saturated rings. The van der Waals surface area contributed by atoms with Crippen molar-refractivity contribution in [3.8, 4) is 11.8 Å². The Kier molecular flexibility index (Phi) is 8.33. The highest BCUT2D eigenvalue weighted by Gasteiger charge is 2.48. The zero-order chi connectivity index (χ0) is 29.0. The molecule has 13 nitrogen and oxygen atoms in total. The highest BCUT2D eigenvalue weighted by atomic mass is 19.3. The number of urea groups is 1. The van der Waals surface area contributed by atoms with Crippen LogP contribution in [-0.2, 0) is 0 Å². The SMILES string of the molecule is CCOc1cnc(NC(=O)N(C)[C@H]2CN(c3nccc(OC(=O)NC4CC5(CCCNC5)C4)n3)CCC2(F)F)cn1. The third-order valence-electron chi connectivity index (χ3n) is 7.88. The Labute approximate surface area is 236 Å². The van der Waals surface area contributed by atoms with Crippen LogP contribution in [0.2, 0.25) is 0 Å². The smallest absolute Gasteiger partial charge is 0.414 e. The van der Waals surface area contributed by atoms with E-state index >= 15 is 0 Å². The van der Waals surface area contributed by atoms with Gasteiger partial charge in [0.15, 0.2) is 5.82 Å². The molecule has 1 saturated carbocycles. The van der Waals surface area contributed by atoms with Crippen LogP contribution in [0.4, 0.5) is 30.1 Å². The summed E-state index contributed by atoms with van der Waals surface area (Å²) in [6.45, 7) is 3.93. The van der Waals surface area contributed by atoms with Crippen LogP contribution in [0.25, 0.3) is 0 Å². The van der Waals surface area contributed by atoms with Crippen molar-refractivity contribution < 1.29 is 27.8 Å². The number of aromatic nitrogens is 4. The van der Waals surface area contributed by atoms with Crippen molar-refractivity contribution in [3.63, 3.8) is 0 Å². The van der Waals surface area contributed by atoms with Crippen LogP contribution in [0.1, 0.15) is 39.0 Å². The first-order valence-corrected chi connectivity index (χ1v) is 13.8. The molecule has 41 heavy (non-hydrogen) atoms. The van der Waals surface area contributed by atoms with Gasteiger partial charge >= 0.3 is 12.1 Å². The van der Waals surface area contributed by atoms with Gasteiger partial charge in [-0.05, 0) is 44.6 Å². The van der Waals surface area contributed by atoms with Crippen molar-refractivity contribution in [2.75, 3.05) is 50.1 Å². The van der Waals surface area contributed by atoms with Gasteiger partial charge in [-0.3, -0.25) is 5.32 Å². The number of anilines is 2. The van der Waals surface area contributed by atoms with E-state index in [4.69, 9.17) is 9.47 Å². The minimum absolute atomic E-state index is 0.00919. The number of carbonyl (C=O) groups excluding carboxylic acids is 2. The molecule has 1 atom stereocenters.